The number of carbonyl (C=O) groups is 1. The van der Waals surface area contributed by atoms with E-state index in [0.717, 1.165) is 11.3 Å². The van der Waals surface area contributed by atoms with Gasteiger partial charge in [0.2, 0.25) is 0 Å². The maximum Gasteiger partial charge on any atom is 0.338 e. The zero-order valence-electron chi connectivity index (χ0n) is 22.0. The van der Waals surface area contributed by atoms with Crippen LogP contribution in [-0.4, -0.2) is 56.5 Å². The number of benzene rings is 2. The van der Waals surface area contributed by atoms with Crippen molar-refractivity contribution in [2.45, 2.75) is 82.0 Å². The van der Waals surface area contributed by atoms with Gasteiger partial charge in [0, 0.05) is 5.56 Å². The molecule has 6 nitrogen and oxygen atoms in total. The Morgan fingerprint density at radius 1 is 1.00 bits per heavy atom. The Balaban J connectivity index is 1.68. The second-order valence-corrected chi connectivity index (χ2v) is 16.9. The molecule has 6 atom stereocenters. The van der Waals surface area contributed by atoms with Gasteiger partial charge in [0.25, 0.3) is 0 Å². The molecule has 0 amide bonds. The van der Waals surface area contributed by atoms with Gasteiger partial charge in [0.1, 0.15) is 23.7 Å². The fraction of sp³-hybridized carbons (Fsp3) is 0.536. The van der Waals surface area contributed by atoms with Crippen molar-refractivity contribution in [3.05, 3.63) is 71.8 Å². The molecule has 0 bridgehead atoms. The van der Waals surface area contributed by atoms with E-state index in [9.17, 15) is 4.79 Å². The summed E-state index contributed by atoms with van der Waals surface area (Å²) >= 11 is 1.61. The highest BCUT2D eigenvalue weighted by molar-refractivity contribution is 7.99. The van der Waals surface area contributed by atoms with Crippen molar-refractivity contribution in [1.29, 1.82) is 0 Å². The summed E-state index contributed by atoms with van der Waals surface area (Å²) in [6.45, 7) is 13.5. The summed E-state index contributed by atoms with van der Waals surface area (Å²) in [7, 11) is -2.27. The molecule has 0 saturated carbocycles. The molecule has 2 aliphatic heterocycles. The monoisotopic (exact) mass is 530 g/mol. The van der Waals surface area contributed by atoms with Gasteiger partial charge in [-0.2, -0.15) is 0 Å². The molecule has 2 aliphatic rings. The van der Waals surface area contributed by atoms with Gasteiger partial charge in [0.15, 0.2) is 20.7 Å². The average molecular weight is 531 g/mol. The quantitative estimate of drug-likeness (QED) is 0.312. The van der Waals surface area contributed by atoms with Gasteiger partial charge in [-0.15, -0.1) is 11.8 Å². The molecular weight excluding hydrogens is 492 g/mol. The molecular formula is C28H38O6SSi. The van der Waals surface area contributed by atoms with Gasteiger partial charge in [-0.1, -0.05) is 76.2 Å². The Labute approximate surface area is 220 Å². The van der Waals surface area contributed by atoms with Crippen LogP contribution in [0.25, 0.3) is 0 Å². The lowest BCUT2D eigenvalue weighted by molar-refractivity contribution is -0.315. The van der Waals surface area contributed by atoms with Gasteiger partial charge >= 0.3 is 5.97 Å². The van der Waals surface area contributed by atoms with Crippen molar-refractivity contribution in [2.24, 2.45) is 0 Å². The molecule has 0 aromatic heterocycles. The van der Waals surface area contributed by atoms with Gasteiger partial charge < -0.3 is 23.4 Å². The molecule has 196 valence electrons. The highest BCUT2D eigenvalue weighted by Crippen LogP contribution is 2.44. The molecule has 0 unspecified atom stereocenters. The van der Waals surface area contributed by atoms with Crippen LogP contribution in [0.3, 0.4) is 0 Å². The van der Waals surface area contributed by atoms with E-state index in [1.54, 1.807) is 23.9 Å². The van der Waals surface area contributed by atoms with Crippen LogP contribution < -0.4 is 0 Å². The number of rotatable bonds is 7. The minimum Gasteiger partial charge on any atom is -0.452 e. The molecule has 2 saturated heterocycles. The van der Waals surface area contributed by atoms with Crippen LogP contribution in [0.2, 0.25) is 18.1 Å². The number of esters is 1. The lowest BCUT2D eigenvalue weighted by Gasteiger charge is -2.51. The summed E-state index contributed by atoms with van der Waals surface area (Å²) in [4.78, 5) is 13.2. The molecule has 0 spiro atoms. The smallest absolute Gasteiger partial charge is 0.338 e. The minimum atomic E-state index is -2.27. The summed E-state index contributed by atoms with van der Waals surface area (Å²) in [6.07, 6.45) is -2.43. The molecule has 2 fully saturated rings. The zero-order valence-corrected chi connectivity index (χ0v) is 23.8. The van der Waals surface area contributed by atoms with Crippen LogP contribution in [0.1, 0.15) is 49.9 Å². The Morgan fingerprint density at radius 2 is 1.64 bits per heavy atom. The number of carbonyl (C=O) groups excluding carboxylic acids is 1. The first-order valence-electron chi connectivity index (χ1n) is 12.6. The van der Waals surface area contributed by atoms with Crippen molar-refractivity contribution in [1.82, 2.24) is 0 Å². The molecule has 0 radical (unpaired) electrons. The van der Waals surface area contributed by atoms with Crippen LogP contribution in [0.4, 0.5) is 0 Å². The van der Waals surface area contributed by atoms with E-state index in [4.69, 9.17) is 23.4 Å². The number of ether oxygens (including phenoxy) is 4. The minimum absolute atomic E-state index is 0.0355. The first-order chi connectivity index (χ1) is 17.1. The van der Waals surface area contributed by atoms with E-state index < -0.39 is 32.9 Å². The molecule has 2 aromatic carbocycles. The predicted octanol–water partition coefficient (Wildman–Crippen LogP) is 6.19. The SMILES string of the molecule is CCS[C@@H]1O[C@@H]2CO[C@@H](c3ccccc3)O[C@H]2[C@H](O[Si](C)(C)C(C)(C)C)[C@H]1OC(=O)c1ccccc1. The van der Waals surface area contributed by atoms with Gasteiger partial charge in [-0.25, -0.2) is 4.79 Å². The molecule has 2 aromatic rings. The van der Waals surface area contributed by atoms with Crippen molar-refractivity contribution in [3.63, 3.8) is 0 Å². The summed E-state index contributed by atoms with van der Waals surface area (Å²) < 4.78 is 32.3. The lowest BCUT2D eigenvalue weighted by Crippen LogP contribution is -2.65. The van der Waals surface area contributed by atoms with Gasteiger partial charge in [-0.05, 0) is 36.0 Å². The summed E-state index contributed by atoms with van der Waals surface area (Å²) in [6, 6.07) is 18.9. The van der Waals surface area contributed by atoms with E-state index in [0.29, 0.717) is 12.2 Å². The number of thioether (sulfide) groups is 1. The second kappa shape index (κ2) is 11.4. The van der Waals surface area contributed by atoms with Crippen LogP contribution in [0, 0.1) is 0 Å². The molecule has 4 rings (SSSR count). The predicted molar refractivity (Wildman–Crippen MR) is 145 cm³/mol. The topological polar surface area (TPSA) is 63.2 Å². The van der Waals surface area contributed by atoms with Gasteiger partial charge in [-0.3, -0.25) is 0 Å². The zero-order chi connectivity index (χ0) is 25.9. The van der Waals surface area contributed by atoms with Crippen molar-refractivity contribution < 1.29 is 28.2 Å². The Morgan fingerprint density at radius 3 is 2.25 bits per heavy atom. The third-order valence-electron chi connectivity index (χ3n) is 7.18. The van der Waals surface area contributed by atoms with E-state index in [1.807, 2.05) is 48.5 Å². The Bertz CT molecular complexity index is 996. The van der Waals surface area contributed by atoms with Gasteiger partial charge in [0.05, 0.1) is 12.2 Å². The highest BCUT2D eigenvalue weighted by Gasteiger charge is 2.55. The molecule has 8 heteroatoms. The first-order valence-corrected chi connectivity index (χ1v) is 16.6. The van der Waals surface area contributed by atoms with Crippen LogP contribution in [-0.2, 0) is 23.4 Å². The standard InChI is InChI=1S/C28H38O6SSi/c1-7-35-27-24(32-25(29)19-14-10-8-11-15-19)23(34-36(5,6)28(2,3)4)22-21(31-27)18-30-26(33-22)20-16-12-9-13-17-20/h8-17,21-24,26-27H,7,18H2,1-6H3/t21-,22-,23+,24-,26-,27+/m1/s1. The fourth-order valence-corrected chi connectivity index (χ4v) is 6.42. The number of fused-ring (bicyclic) bond motifs is 1. The second-order valence-electron chi connectivity index (χ2n) is 10.8. The number of hydrogen-bond acceptors (Lipinski definition) is 7. The van der Waals surface area contributed by atoms with E-state index in [2.05, 4.69) is 40.8 Å². The number of hydrogen-bond donors (Lipinski definition) is 0. The van der Waals surface area contributed by atoms with E-state index in [1.165, 1.54) is 0 Å². The Hall–Kier alpha value is -1.68. The third-order valence-corrected chi connectivity index (χ3v) is 12.7. The van der Waals surface area contributed by atoms with Crippen LogP contribution >= 0.6 is 11.8 Å². The van der Waals surface area contributed by atoms with Crippen LogP contribution in [0.15, 0.2) is 60.7 Å². The first kappa shape index (κ1) is 27.4. The maximum atomic E-state index is 13.2. The highest BCUT2D eigenvalue weighted by atomic mass is 32.2. The third kappa shape index (κ3) is 6.06. The van der Waals surface area contributed by atoms with E-state index >= 15 is 0 Å². The average Bonchev–Trinajstić information content (AvgIpc) is 2.86. The molecule has 0 aliphatic carbocycles. The summed E-state index contributed by atoms with van der Waals surface area (Å²) in [5, 5.41) is -0.0355. The summed E-state index contributed by atoms with van der Waals surface area (Å²) in [5.74, 6) is 0.419. The molecule has 36 heavy (non-hydrogen) atoms. The maximum absolute atomic E-state index is 13.2. The largest absolute Gasteiger partial charge is 0.452 e. The normalized spacial score (nSPS) is 28.8. The molecule has 0 N–H and O–H groups in total. The van der Waals surface area contributed by atoms with Crippen LogP contribution in [0.5, 0.6) is 0 Å². The van der Waals surface area contributed by atoms with Crippen molar-refractivity contribution in [3.8, 4) is 0 Å². The lowest BCUT2D eigenvalue weighted by atomic mass is 9.98. The fourth-order valence-electron chi connectivity index (χ4n) is 4.17. The molecule has 2 heterocycles. The van der Waals surface area contributed by atoms with Crippen molar-refractivity contribution >= 4 is 26.0 Å². The van der Waals surface area contributed by atoms with E-state index in [-0.39, 0.29) is 22.5 Å². The van der Waals surface area contributed by atoms with Crippen molar-refractivity contribution in [2.75, 3.05) is 12.4 Å². The Kier molecular flexibility index (Phi) is 8.64. The summed E-state index contributed by atoms with van der Waals surface area (Å²) in [5.41, 5.74) is 1.05.